The molecular formula is C10H16BNOS. The third-order valence-electron chi connectivity index (χ3n) is 2.57. The van der Waals surface area contributed by atoms with E-state index in [0.29, 0.717) is 5.92 Å². The van der Waals surface area contributed by atoms with Gasteiger partial charge in [-0.2, -0.15) is 0 Å². The fourth-order valence-corrected chi connectivity index (χ4v) is 3.05. The summed E-state index contributed by atoms with van der Waals surface area (Å²) >= 11 is 1.80. The van der Waals surface area contributed by atoms with Crippen LogP contribution in [0.15, 0.2) is 0 Å². The minimum atomic E-state index is -0.196. The van der Waals surface area contributed by atoms with Crippen LogP contribution < -0.4 is 4.78 Å². The molecule has 0 fully saturated rings. The van der Waals surface area contributed by atoms with Crippen LogP contribution in [0, 0.1) is 0 Å². The Hall–Kier alpha value is -0.345. The monoisotopic (exact) mass is 209 g/mol. The highest BCUT2D eigenvalue weighted by molar-refractivity contribution is 7.23. The van der Waals surface area contributed by atoms with Gasteiger partial charge in [-0.3, -0.25) is 0 Å². The lowest BCUT2D eigenvalue weighted by molar-refractivity contribution is 0.120. The van der Waals surface area contributed by atoms with E-state index in [2.05, 4.69) is 39.5 Å². The van der Waals surface area contributed by atoms with Gasteiger partial charge in [0.25, 0.3) is 0 Å². The van der Waals surface area contributed by atoms with Gasteiger partial charge in [-0.1, -0.05) is 20.7 Å². The summed E-state index contributed by atoms with van der Waals surface area (Å²) in [7, 11) is 0. The third kappa shape index (κ3) is 1.41. The van der Waals surface area contributed by atoms with Crippen LogP contribution in [0.4, 0.5) is 0 Å². The van der Waals surface area contributed by atoms with E-state index in [-0.39, 0.29) is 12.5 Å². The largest absolute Gasteiger partial charge is 0.420 e. The Balaban J connectivity index is 2.48. The van der Waals surface area contributed by atoms with Crippen molar-refractivity contribution in [2.45, 2.75) is 46.0 Å². The van der Waals surface area contributed by atoms with Crippen molar-refractivity contribution in [3.05, 3.63) is 10.7 Å². The van der Waals surface area contributed by atoms with E-state index in [0.717, 1.165) is 5.69 Å². The quantitative estimate of drug-likeness (QED) is 0.662. The average molecular weight is 209 g/mol. The molecule has 14 heavy (non-hydrogen) atoms. The van der Waals surface area contributed by atoms with Crippen molar-refractivity contribution in [1.29, 1.82) is 0 Å². The summed E-state index contributed by atoms with van der Waals surface area (Å²) in [5.41, 5.74) is 0.956. The SMILES string of the molecule is CB1OC(C)(C)c2nc(C(C)C)sc21. The van der Waals surface area contributed by atoms with Crippen LogP contribution in [0.1, 0.15) is 44.3 Å². The molecule has 0 aliphatic carbocycles. The van der Waals surface area contributed by atoms with E-state index in [4.69, 9.17) is 4.65 Å². The number of nitrogens with zero attached hydrogens (tertiary/aromatic N) is 1. The number of rotatable bonds is 1. The predicted octanol–water partition coefficient (Wildman–Crippen LogP) is 2.36. The van der Waals surface area contributed by atoms with Crippen molar-refractivity contribution in [3.8, 4) is 0 Å². The molecule has 0 atom stereocenters. The first-order valence-electron chi connectivity index (χ1n) is 5.10. The van der Waals surface area contributed by atoms with Gasteiger partial charge < -0.3 is 4.65 Å². The number of fused-ring (bicyclic) bond motifs is 1. The van der Waals surface area contributed by atoms with Crippen LogP contribution >= 0.6 is 11.3 Å². The Morgan fingerprint density at radius 2 is 2.07 bits per heavy atom. The molecule has 0 unspecified atom stereocenters. The smallest absolute Gasteiger partial charge is 0.337 e. The van der Waals surface area contributed by atoms with Crippen LogP contribution in [0.5, 0.6) is 0 Å². The molecule has 0 amide bonds. The second kappa shape index (κ2) is 3.07. The maximum atomic E-state index is 5.84. The van der Waals surface area contributed by atoms with Gasteiger partial charge in [-0.25, -0.2) is 4.98 Å². The summed E-state index contributed by atoms with van der Waals surface area (Å²) in [5.74, 6) is 0.522. The zero-order valence-electron chi connectivity index (χ0n) is 9.42. The van der Waals surface area contributed by atoms with E-state index < -0.39 is 0 Å². The molecule has 1 aromatic rings. The molecule has 76 valence electrons. The predicted molar refractivity (Wildman–Crippen MR) is 61.6 cm³/mol. The zero-order valence-corrected chi connectivity index (χ0v) is 10.2. The average Bonchev–Trinajstić information content (AvgIpc) is 2.53. The molecule has 1 aromatic heterocycles. The van der Waals surface area contributed by atoms with Crippen molar-refractivity contribution in [1.82, 2.24) is 4.98 Å². The molecule has 2 rings (SSSR count). The lowest BCUT2D eigenvalue weighted by Gasteiger charge is -2.18. The molecule has 0 bridgehead atoms. The molecule has 1 aliphatic heterocycles. The van der Waals surface area contributed by atoms with Crippen molar-refractivity contribution in [3.63, 3.8) is 0 Å². The van der Waals surface area contributed by atoms with Crippen molar-refractivity contribution >= 4 is 23.0 Å². The minimum absolute atomic E-state index is 0.196. The van der Waals surface area contributed by atoms with Crippen molar-refractivity contribution in [2.75, 3.05) is 0 Å². The number of hydrogen-bond acceptors (Lipinski definition) is 3. The molecule has 1 aliphatic rings. The van der Waals surface area contributed by atoms with Gasteiger partial charge in [0.1, 0.15) is 0 Å². The number of thiazole rings is 1. The van der Waals surface area contributed by atoms with Crippen LogP contribution in [-0.2, 0) is 10.3 Å². The second-order valence-electron chi connectivity index (χ2n) is 4.69. The van der Waals surface area contributed by atoms with Crippen molar-refractivity contribution in [2.24, 2.45) is 0 Å². The number of aromatic nitrogens is 1. The van der Waals surface area contributed by atoms with Gasteiger partial charge in [-0.15, -0.1) is 11.3 Å². The minimum Gasteiger partial charge on any atom is -0.420 e. The summed E-state index contributed by atoms with van der Waals surface area (Å²) in [4.78, 5) is 4.69. The molecule has 0 N–H and O–H groups in total. The van der Waals surface area contributed by atoms with Gasteiger partial charge in [-0.05, 0) is 13.8 Å². The highest BCUT2D eigenvalue weighted by Crippen LogP contribution is 2.33. The van der Waals surface area contributed by atoms with Crippen LogP contribution in [0.25, 0.3) is 0 Å². The summed E-state index contributed by atoms with van der Waals surface area (Å²) in [6.45, 7) is 10.9. The first-order chi connectivity index (χ1) is 6.42. The topological polar surface area (TPSA) is 22.1 Å². The molecule has 0 radical (unpaired) electrons. The standard InChI is InChI=1S/C10H16BNOS/c1-6(2)9-12-7-8(14-9)11(5)13-10(7,3)4/h6H,1-5H3. The zero-order chi connectivity index (χ0) is 10.5. The first kappa shape index (κ1) is 10.2. The Kier molecular flexibility index (Phi) is 2.23. The van der Waals surface area contributed by atoms with E-state index in [1.54, 1.807) is 11.3 Å². The third-order valence-corrected chi connectivity index (χ3v) is 4.09. The maximum Gasteiger partial charge on any atom is 0.337 e. The molecule has 2 heterocycles. The van der Waals surface area contributed by atoms with Gasteiger partial charge in [0, 0.05) is 10.7 Å². The lowest BCUT2D eigenvalue weighted by Crippen LogP contribution is -2.23. The van der Waals surface area contributed by atoms with Crippen molar-refractivity contribution < 1.29 is 4.65 Å². The van der Waals surface area contributed by atoms with E-state index >= 15 is 0 Å². The first-order valence-corrected chi connectivity index (χ1v) is 5.92. The van der Waals surface area contributed by atoms with E-state index in [1.807, 2.05) is 0 Å². The summed E-state index contributed by atoms with van der Waals surface area (Å²) in [6.07, 6.45) is 0. The lowest BCUT2D eigenvalue weighted by atomic mass is 9.71. The summed E-state index contributed by atoms with van der Waals surface area (Å²) < 4.78 is 7.16. The van der Waals surface area contributed by atoms with Crippen LogP contribution in [0.3, 0.4) is 0 Å². The van der Waals surface area contributed by atoms with Gasteiger partial charge >= 0.3 is 6.92 Å². The Labute approximate surface area is 89.8 Å². The molecule has 0 spiro atoms. The molecule has 0 aromatic carbocycles. The molecular weight excluding hydrogens is 193 g/mol. The number of hydrogen-bond donors (Lipinski definition) is 0. The second-order valence-corrected chi connectivity index (χ2v) is 5.75. The maximum absolute atomic E-state index is 5.84. The Morgan fingerprint density at radius 1 is 1.43 bits per heavy atom. The Bertz CT molecular complexity index is 359. The molecule has 4 heteroatoms. The van der Waals surface area contributed by atoms with Gasteiger partial charge in [0.2, 0.25) is 0 Å². The fraction of sp³-hybridized carbons (Fsp3) is 0.700. The molecule has 2 nitrogen and oxygen atoms in total. The van der Waals surface area contributed by atoms with Gasteiger partial charge in [0.15, 0.2) is 0 Å². The fourth-order valence-electron chi connectivity index (χ4n) is 1.85. The van der Waals surface area contributed by atoms with E-state index in [1.165, 1.54) is 9.78 Å². The summed E-state index contributed by atoms with van der Waals surface area (Å²) in [5, 5.41) is 1.23. The molecule has 0 saturated carbocycles. The van der Waals surface area contributed by atoms with E-state index in [9.17, 15) is 0 Å². The van der Waals surface area contributed by atoms with Gasteiger partial charge in [0.05, 0.1) is 16.3 Å². The van der Waals surface area contributed by atoms with Crippen LogP contribution in [-0.4, -0.2) is 11.9 Å². The molecule has 0 saturated heterocycles. The highest BCUT2D eigenvalue weighted by atomic mass is 32.1. The summed E-state index contributed by atoms with van der Waals surface area (Å²) in [6, 6.07) is 0. The normalized spacial score (nSPS) is 19.1. The Morgan fingerprint density at radius 3 is 2.57 bits per heavy atom. The van der Waals surface area contributed by atoms with Crippen LogP contribution in [0.2, 0.25) is 6.82 Å². The highest BCUT2D eigenvalue weighted by Gasteiger charge is 2.41.